The molecule has 3 N–H and O–H groups in total. The number of hydrogen-bond acceptors (Lipinski definition) is 6. The highest BCUT2D eigenvalue weighted by Gasteiger charge is 2.19. The van der Waals surface area contributed by atoms with Gasteiger partial charge in [0.2, 0.25) is 5.95 Å². The molecule has 1 atom stereocenters. The van der Waals surface area contributed by atoms with Crippen LogP contribution in [0.3, 0.4) is 0 Å². The lowest BCUT2D eigenvalue weighted by atomic mass is 10.2. The summed E-state index contributed by atoms with van der Waals surface area (Å²) in [6, 6.07) is 6.83. The third-order valence-electron chi connectivity index (χ3n) is 4.97. The molecule has 0 saturated carbocycles. The third kappa shape index (κ3) is 5.68. The largest absolute Gasteiger partial charge is 0.491 e. The van der Waals surface area contributed by atoms with Crippen molar-refractivity contribution < 1.29 is 9.84 Å². The molecular formula is C21H28ClN5O4. The van der Waals surface area contributed by atoms with E-state index in [2.05, 4.69) is 22.2 Å². The van der Waals surface area contributed by atoms with Crippen LogP contribution in [0.25, 0.3) is 11.2 Å². The van der Waals surface area contributed by atoms with Crippen molar-refractivity contribution >= 4 is 28.7 Å². The van der Waals surface area contributed by atoms with Gasteiger partial charge in [-0.05, 0) is 30.7 Å². The molecule has 0 unspecified atom stereocenters. The molecule has 0 aliphatic rings. The second-order valence-corrected chi connectivity index (χ2v) is 7.88. The highest BCUT2D eigenvalue weighted by atomic mass is 35.5. The van der Waals surface area contributed by atoms with Crippen molar-refractivity contribution in [3.8, 4) is 5.75 Å². The molecule has 3 aromatic rings. The Morgan fingerprint density at radius 2 is 1.97 bits per heavy atom. The molecule has 3 rings (SSSR count). The van der Waals surface area contributed by atoms with Gasteiger partial charge >= 0.3 is 5.69 Å². The number of fused-ring (bicyclic) bond motifs is 1. The van der Waals surface area contributed by atoms with Gasteiger partial charge in [-0.25, -0.2) is 4.79 Å². The molecule has 1 aromatic carbocycles. The predicted octanol–water partition coefficient (Wildman–Crippen LogP) is 2.51. The molecular weight excluding hydrogens is 422 g/mol. The minimum atomic E-state index is -0.912. The number of ether oxygens (including phenoxy) is 1. The van der Waals surface area contributed by atoms with Crippen LogP contribution in [0.4, 0.5) is 5.95 Å². The number of aryl methyl sites for hydroxylation is 1. The molecule has 0 radical (unpaired) electrons. The minimum absolute atomic E-state index is 0.0148. The summed E-state index contributed by atoms with van der Waals surface area (Å²) in [5, 5.41) is 14.4. The average molecular weight is 450 g/mol. The first-order valence-electron chi connectivity index (χ1n) is 10.4. The highest BCUT2D eigenvalue weighted by molar-refractivity contribution is 6.30. The van der Waals surface area contributed by atoms with E-state index in [0.717, 1.165) is 25.7 Å². The fraction of sp³-hybridized carbons (Fsp3) is 0.476. The zero-order chi connectivity index (χ0) is 22.4. The lowest BCUT2D eigenvalue weighted by Crippen LogP contribution is -2.31. The average Bonchev–Trinajstić information content (AvgIpc) is 3.10. The van der Waals surface area contributed by atoms with Crippen LogP contribution in [-0.4, -0.2) is 43.5 Å². The number of anilines is 1. The van der Waals surface area contributed by atoms with E-state index in [0.29, 0.717) is 23.3 Å². The van der Waals surface area contributed by atoms with Crippen molar-refractivity contribution in [3.05, 3.63) is 50.1 Å². The van der Waals surface area contributed by atoms with Crippen LogP contribution in [0.2, 0.25) is 5.02 Å². The summed E-state index contributed by atoms with van der Waals surface area (Å²) in [4.78, 5) is 31.2. The van der Waals surface area contributed by atoms with Crippen molar-refractivity contribution in [3.63, 3.8) is 0 Å². The van der Waals surface area contributed by atoms with Crippen molar-refractivity contribution in [1.82, 2.24) is 19.1 Å². The van der Waals surface area contributed by atoms with Gasteiger partial charge in [0.05, 0.1) is 6.54 Å². The summed E-state index contributed by atoms with van der Waals surface area (Å²) in [5.41, 5.74) is -0.599. The summed E-state index contributed by atoms with van der Waals surface area (Å²) >= 11 is 5.87. The Labute approximate surface area is 184 Å². The number of rotatable bonds is 11. The van der Waals surface area contributed by atoms with E-state index in [1.54, 1.807) is 35.9 Å². The summed E-state index contributed by atoms with van der Waals surface area (Å²) in [7, 11) is 1.54. The molecule has 10 heteroatoms. The number of aromatic amines is 1. The number of aromatic nitrogens is 4. The van der Waals surface area contributed by atoms with Gasteiger partial charge in [-0.2, -0.15) is 4.98 Å². The molecule has 9 nitrogen and oxygen atoms in total. The Morgan fingerprint density at radius 3 is 2.68 bits per heavy atom. The van der Waals surface area contributed by atoms with E-state index in [1.165, 1.54) is 4.57 Å². The van der Waals surface area contributed by atoms with Crippen LogP contribution in [0.1, 0.15) is 32.6 Å². The minimum Gasteiger partial charge on any atom is -0.491 e. The zero-order valence-corrected chi connectivity index (χ0v) is 18.5. The topological polar surface area (TPSA) is 114 Å². The maximum absolute atomic E-state index is 12.5. The number of aliphatic hydroxyl groups is 1. The lowest BCUT2D eigenvalue weighted by Gasteiger charge is -2.16. The van der Waals surface area contributed by atoms with Gasteiger partial charge in [-0.15, -0.1) is 0 Å². The Morgan fingerprint density at radius 1 is 1.23 bits per heavy atom. The first-order chi connectivity index (χ1) is 14.9. The number of hydrogen-bond donors (Lipinski definition) is 3. The van der Waals surface area contributed by atoms with Crippen molar-refractivity contribution in [2.24, 2.45) is 7.05 Å². The molecule has 0 aliphatic carbocycles. The van der Waals surface area contributed by atoms with Gasteiger partial charge in [0.1, 0.15) is 18.5 Å². The standard InChI is InChI=1S/C21H28ClN5O4/c1-3-4-5-6-11-23-20-24-18-17(19(29)25-21(30)26(18)2)27(20)12-15(28)13-31-16-9-7-14(22)8-10-16/h7-10,15,28H,3-6,11-13H2,1-2H3,(H,23,24)(H,25,29,30)/t15-/m1/s1. The summed E-state index contributed by atoms with van der Waals surface area (Å²) in [6.07, 6.45) is 3.41. The van der Waals surface area contributed by atoms with Crippen molar-refractivity contribution in [2.45, 2.75) is 45.3 Å². The molecule has 2 heterocycles. The molecule has 0 aliphatic heterocycles. The smallest absolute Gasteiger partial charge is 0.329 e. The Hall–Kier alpha value is -2.78. The van der Waals surface area contributed by atoms with E-state index in [-0.39, 0.29) is 24.3 Å². The first-order valence-corrected chi connectivity index (χ1v) is 10.8. The second kappa shape index (κ2) is 10.5. The summed E-state index contributed by atoms with van der Waals surface area (Å²) < 4.78 is 8.50. The maximum atomic E-state index is 12.5. The van der Waals surface area contributed by atoms with Gasteiger partial charge < -0.3 is 19.7 Å². The van der Waals surface area contributed by atoms with Crippen LogP contribution in [0.5, 0.6) is 5.75 Å². The molecule has 168 valence electrons. The number of nitrogens with one attached hydrogen (secondary N) is 2. The fourth-order valence-corrected chi connectivity index (χ4v) is 3.41. The van der Waals surface area contributed by atoms with Gasteiger partial charge in [0, 0.05) is 18.6 Å². The number of H-pyrrole nitrogens is 1. The van der Waals surface area contributed by atoms with Gasteiger partial charge in [-0.1, -0.05) is 37.8 Å². The van der Waals surface area contributed by atoms with Crippen molar-refractivity contribution in [2.75, 3.05) is 18.5 Å². The molecule has 0 spiro atoms. The second-order valence-electron chi connectivity index (χ2n) is 7.44. The van der Waals surface area contributed by atoms with Crippen LogP contribution in [-0.2, 0) is 13.6 Å². The molecule has 0 amide bonds. The molecule has 0 saturated heterocycles. The summed E-state index contributed by atoms with van der Waals surface area (Å²) in [6.45, 7) is 2.91. The van der Waals surface area contributed by atoms with E-state index in [4.69, 9.17) is 16.3 Å². The third-order valence-corrected chi connectivity index (χ3v) is 5.22. The van der Waals surface area contributed by atoms with Gasteiger partial charge in [0.15, 0.2) is 11.2 Å². The Kier molecular flexibility index (Phi) is 7.75. The molecule has 0 bridgehead atoms. The van der Waals surface area contributed by atoms with E-state index in [1.807, 2.05) is 0 Å². The maximum Gasteiger partial charge on any atom is 0.329 e. The zero-order valence-electron chi connectivity index (χ0n) is 17.7. The molecule has 2 aromatic heterocycles. The first kappa shape index (κ1) is 22.9. The van der Waals surface area contributed by atoms with Crippen molar-refractivity contribution in [1.29, 1.82) is 0 Å². The van der Waals surface area contributed by atoms with Crippen LogP contribution in [0.15, 0.2) is 33.9 Å². The number of benzene rings is 1. The van der Waals surface area contributed by atoms with Crippen LogP contribution >= 0.6 is 11.6 Å². The fourth-order valence-electron chi connectivity index (χ4n) is 3.29. The Bertz CT molecular complexity index is 1120. The number of nitrogens with zero attached hydrogens (tertiary/aromatic N) is 3. The van der Waals surface area contributed by atoms with Crippen LogP contribution < -0.4 is 21.3 Å². The number of halogens is 1. The number of aliphatic hydroxyl groups excluding tert-OH is 1. The van der Waals surface area contributed by atoms with Crippen LogP contribution in [0, 0.1) is 0 Å². The Balaban J connectivity index is 1.81. The quantitative estimate of drug-likeness (QED) is 0.387. The van der Waals surface area contributed by atoms with Gasteiger partial charge in [0.25, 0.3) is 5.56 Å². The normalized spacial score (nSPS) is 12.3. The predicted molar refractivity (Wildman–Crippen MR) is 121 cm³/mol. The number of unbranched alkanes of at least 4 members (excludes halogenated alkanes) is 3. The molecule has 31 heavy (non-hydrogen) atoms. The van der Waals surface area contributed by atoms with E-state index < -0.39 is 17.4 Å². The van der Waals surface area contributed by atoms with Gasteiger partial charge in [-0.3, -0.25) is 14.3 Å². The summed E-state index contributed by atoms with van der Waals surface area (Å²) in [5.74, 6) is 1.01. The monoisotopic (exact) mass is 449 g/mol. The lowest BCUT2D eigenvalue weighted by molar-refractivity contribution is 0.0938. The van der Waals surface area contributed by atoms with E-state index in [9.17, 15) is 14.7 Å². The number of imidazole rings is 1. The highest BCUT2D eigenvalue weighted by Crippen LogP contribution is 2.18. The SMILES string of the molecule is CCCCCCNc1nc2c(c(=O)[nH]c(=O)n2C)n1C[C@@H](O)COc1ccc(Cl)cc1. The molecule has 0 fully saturated rings. The van der Waals surface area contributed by atoms with E-state index >= 15 is 0 Å².